The molecule has 1 heterocycles. The van der Waals surface area contributed by atoms with Crippen LogP contribution in [0.15, 0.2) is 58.1 Å². The van der Waals surface area contributed by atoms with E-state index in [2.05, 4.69) is 20.9 Å². The van der Waals surface area contributed by atoms with Crippen molar-refractivity contribution >= 4 is 26.8 Å². The van der Waals surface area contributed by atoms with Gasteiger partial charge in [0.15, 0.2) is 0 Å². The SMILES string of the molecule is COc1ccccc1Cn1cnc2cc(Br)ccc2c1=O. The van der Waals surface area contributed by atoms with Gasteiger partial charge in [0.25, 0.3) is 5.56 Å². The Hall–Kier alpha value is -2.14. The van der Waals surface area contributed by atoms with Crippen LogP contribution < -0.4 is 10.3 Å². The zero-order valence-corrected chi connectivity index (χ0v) is 13.0. The highest BCUT2D eigenvalue weighted by molar-refractivity contribution is 9.10. The standard InChI is InChI=1S/C16H13BrN2O2/c1-21-15-5-3-2-4-11(15)9-19-10-18-14-8-12(17)6-7-13(14)16(19)20/h2-8,10H,9H2,1H3. The molecular formula is C16H13BrN2O2. The molecule has 4 nitrogen and oxygen atoms in total. The summed E-state index contributed by atoms with van der Waals surface area (Å²) in [6.07, 6.45) is 1.57. The highest BCUT2D eigenvalue weighted by Crippen LogP contribution is 2.19. The fraction of sp³-hybridized carbons (Fsp3) is 0.125. The zero-order valence-electron chi connectivity index (χ0n) is 11.4. The van der Waals surface area contributed by atoms with Crippen LogP contribution in [0.3, 0.4) is 0 Å². The van der Waals surface area contributed by atoms with Crippen LogP contribution in [0.1, 0.15) is 5.56 Å². The van der Waals surface area contributed by atoms with Crippen LogP contribution in [0.2, 0.25) is 0 Å². The first-order chi connectivity index (χ1) is 10.2. The first kappa shape index (κ1) is 13.8. The average Bonchev–Trinajstić information content (AvgIpc) is 2.50. The molecule has 0 unspecified atom stereocenters. The number of hydrogen-bond acceptors (Lipinski definition) is 3. The Labute approximate surface area is 130 Å². The molecule has 0 aliphatic heterocycles. The summed E-state index contributed by atoms with van der Waals surface area (Å²) in [6, 6.07) is 13.1. The van der Waals surface area contributed by atoms with Gasteiger partial charge in [-0.05, 0) is 24.3 Å². The van der Waals surface area contributed by atoms with Gasteiger partial charge in [-0.15, -0.1) is 0 Å². The molecule has 0 N–H and O–H groups in total. The predicted molar refractivity (Wildman–Crippen MR) is 85.8 cm³/mol. The number of fused-ring (bicyclic) bond motifs is 1. The molecule has 0 aliphatic carbocycles. The zero-order chi connectivity index (χ0) is 14.8. The van der Waals surface area contributed by atoms with Crippen molar-refractivity contribution in [2.24, 2.45) is 0 Å². The summed E-state index contributed by atoms with van der Waals surface area (Å²) < 4.78 is 7.82. The van der Waals surface area contributed by atoms with Gasteiger partial charge in [-0.3, -0.25) is 9.36 Å². The maximum Gasteiger partial charge on any atom is 0.261 e. The third-order valence-electron chi connectivity index (χ3n) is 3.32. The lowest BCUT2D eigenvalue weighted by Gasteiger charge is -2.10. The number of methoxy groups -OCH3 is 1. The van der Waals surface area contributed by atoms with Crippen LogP contribution in [0, 0.1) is 0 Å². The maximum atomic E-state index is 12.5. The van der Waals surface area contributed by atoms with E-state index < -0.39 is 0 Å². The Morgan fingerprint density at radius 3 is 2.86 bits per heavy atom. The molecular weight excluding hydrogens is 332 g/mol. The first-order valence-corrected chi connectivity index (χ1v) is 7.25. The Morgan fingerprint density at radius 1 is 1.24 bits per heavy atom. The van der Waals surface area contributed by atoms with E-state index in [4.69, 9.17) is 4.74 Å². The normalized spacial score (nSPS) is 10.8. The minimum Gasteiger partial charge on any atom is -0.496 e. The largest absolute Gasteiger partial charge is 0.496 e. The molecule has 0 bridgehead atoms. The molecule has 0 fully saturated rings. The summed E-state index contributed by atoms with van der Waals surface area (Å²) in [5, 5.41) is 0.607. The van der Waals surface area contributed by atoms with Gasteiger partial charge in [0, 0.05) is 10.0 Å². The molecule has 3 aromatic rings. The lowest BCUT2D eigenvalue weighted by molar-refractivity contribution is 0.408. The molecule has 0 saturated heterocycles. The van der Waals surface area contributed by atoms with E-state index in [1.54, 1.807) is 24.1 Å². The van der Waals surface area contributed by atoms with Crippen molar-refractivity contribution in [1.29, 1.82) is 0 Å². The summed E-state index contributed by atoms with van der Waals surface area (Å²) in [6.45, 7) is 0.432. The van der Waals surface area contributed by atoms with Crippen molar-refractivity contribution in [3.05, 3.63) is 69.2 Å². The van der Waals surface area contributed by atoms with E-state index in [-0.39, 0.29) is 5.56 Å². The van der Waals surface area contributed by atoms with Crippen LogP contribution in [0.4, 0.5) is 0 Å². The first-order valence-electron chi connectivity index (χ1n) is 6.45. The summed E-state index contributed by atoms with van der Waals surface area (Å²) in [7, 11) is 1.62. The molecule has 2 aromatic carbocycles. The summed E-state index contributed by atoms with van der Waals surface area (Å²) >= 11 is 3.38. The van der Waals surface area contributed by atoms with Gasteiger partial charge in [0.1, 0.15) is 5.75 Å². The van der Waals surface area contributed by atoms with E-state index in [1.165, 1.54) is 0 Å². The van der Waals surface area contributed by atoms with Crippen LogP contribution in [0.5, 0.6) is 5.75 Å². The van der Waals surface area contributed by atoms with Crippen LogP contribution in [0.25, 0.3) is 10.9 Å². The Balaban J connectivity index is 2.07. The second-order valence-electron chi connectivity index (χ2n) is 4.65. The van der Waals surface area contributed by atoms with Gasteiger partial charge in [-0.1, -0.05) is 34.1 Å². The van der Waals surface area contributed by atoms with Gasteiger partial charge >= 0.3 is 0 Å². The lowest BCUT2D eigenvalue weighted by Crippen LogP contribution is -2.21. The highest BCUT2D eigenvalue weighted by atomic mass is 79.9. The Kier molecular flexibility index (Phi) is 3.75. The van der Waals surface area contributed by atoms with Gasteiger partial charge in [-0.25, -0.2) is 4.98 Å². The molecule has 0 atom stereocenters. The molecule has 106 valence electrons. The Bertz CT molecular complexity index is 858. The minimum atomic E-state index is -0.0570. The minimum absolute atomic E-state index is 0.0570. The molecule has 0 aliphatic rings. The van der Waals surface area contributed by atoms with Crippen LogP contribution in [-0.4, -0.2) is 16.7 Å². The topological polar surface area (TPSA) is 44.1 Å². The molecule has 1 aromatic heterocycles. The number of para-hydroxylation sites is 1. The average molecular weight is 345 g/mol. The van der Waals surface area contributed by atoms with Crippen molar-refractivity contribution in [2.45, 2.75) is 6.54 Å². The fourth-order valence-corrected chi connectivity index (χ4v) is 2.61. The van der Waals surface area contributed by atoms with Crippen LogP contribution >= 0.6 is 15.9 Å². The predicted octanol–water partition coefficient (Wildman–Crippen LogP) is 3.22. The fourth-order valence-electron chi connectivity index (χ4n) is 2.26. The molecule has 0 amide bonds. The molecule has 0 saturated carbocycles. The number of benzene rings is 2. The smallest absolute Gasteiger partial charge is 0.261 e. The second kappa shape index (κ2) is 5.69. The number of aromatic nitrogens is 2. The van der Waals surface area contributed by atoms with Gasteiger partial charge in [0.05, 0.1) is 30.9 Å². The van der Waals surface area contributed by atoms with Crippen molar-refractivity contribution in [2.75, 3.05) is 7.11 Å². The number of ether oxygens (including phenoxy) is 1. The number of rotatable bonds is 3. The molecule has 0 spiro atoms. The van der Waals surface area contributed by atoms with E-state index in [0.717, 1.165) is 15.8 Å². The van der Waals surface area contributed by atoms with Gasteiger partial charge < -0.3 is 4.74 Å². The van der Waals surface area contributed by atoms with Gasteiger partial charge in [-0.2, -0.15) is 0 Å². The molecule has 5 heteroatoms. The van der Waals surface area contributed by atoms with Gasteiger partial charge in [0.2, 0.25) is 0 Å². The van der Waals surface area contributed by atoms with Crippen molar-refractivity contribution in [3.8, 4) is 5.75 Å². The maximum absolute atomic E-state index is 12.5. The van der Waals surface area contributed by atoms with E-state index in [0.29, 0.717) is 17.4 Å². The second-order valence-corrected chi connectivity index (χ2v) is 5.57. The third kappa shape index (κ3) is 2.69. The monoisotopic (exact) mass is 344 g/mol. The highest BCUT2D eigenvalue weighted by Gasteiger charge is 2.07. The quantitative estimate of drug-likeness (QED) is 0.732. The van der Waals surface area contributed by atoms with Crippen molar-refractivity contribution in [1.82, 2.24) is 9.55 Å². The Morgan fingerprint density at radius 2 is 2.05 bits per heavy atom. The van der Waals surface area contributed by atoms with E-state index in [1.807, 2.05) is 36.4 Å². The van der Waals surface area contributed by atoms with E-state index >= 15 is 0 Å². The number of halogens is 1. The third-order valence-corrected chi connectivity index (χ3v) is 3.81. The summed E-state index contributed by atoms with van der Waals surface area (Å²) in [5.74, 6) is 0.764. The number of hydrogen-bond donors (Lipinski definition) is 0. The summed E-state index contributed by atoms with van der Waals surface area (Å²) in [4.78, 5) is 16.9. The molecule has 21 heavy (non-hydrogen) atoms. The van der Waals surface area contributed by atoms with Crippen molar-refractivity contribution < 1.29 is 4.74 Å². The lowest BCUT2D eigenvalue weighted by atomic mass is 10.2. The molecule has 3 rings (SSSR count). The molecule has 0 radical (unpaired) electrons. The number of nitrogens with zero attached hydrogens (tertiary/aromatic N) is 2. The summed E-state index contributed by atoms with van der Waals surface area (Å²) in [5.41, 5.74) is 1.57. The van der Waals surface area contributed by atoms with Crippen molar-refractivity contribution in [3.63, 3.8) is 0 Å². The van der Waals surface area contributed by atoms with E-state index in [9.17, 15) is 4.79 Å². The van der Waals surface area contributed by atoms with Crippen LogP contribution in [-0.2, 0) is 6.54 Å².